The molecular weight excluding hydrogens is 645 g/mol. The summed E-state index contributed by atoms with van der Waals surface area (Å²) in [6.45, 7) is 0. The van der Waals surface area contributed by atoms with Crippen molar-refractivity contribution in [3.05, 3.63) is 182 Å². The molecule has 0 aliphatic carbocycles. The van der Waals surface area contributed by atoms with Crippen molar-refractivity contribution in [2.45, 2.75) is 0 Å². The standard InChI is InChI=1S/C46H30N2S2/c1-3-15-32(16-4-1)47(33-17-5-2-6-18-33)34-26-28-43-39(29-34)46-41(22-12-24-44(46)49-43)48(40-21-11-14-31-13-7-8-19-36(31)40)35-25-27-38-37-20-9-10-23-42(37)50-45(38)30-35/h1-30H. The zero-order chi connectivity index (χ0) is 33.0. The first-order valence-corrected chi connectivity index (χ1v) is 18.5. The van der Waals surface area contributed by atoms with Crippen molar-refractivity contribution in [2.75, 3.05) is 9.80 Å². The Morgan fingerprint density at radius 3 is 1.68 bits per heavy atom. The highest BCUT2D eigenvalue weighted by molar-refractivity contribution is 7.26. The number of fused-ring (bicyclic) bond motifs is 7. The summed E-state index contributed by atoms with van der Waals surface area (Å²) >= 11 is 3.73. The van der Waals surface area contributed by atoms with Crippen molar-refractivity contribution < 1.29 is 0 Å². The van der Waals surface area contributed by atoms with Gasteiger partial charge in [0.05, 0.1) is 11.4 Å². The largest absolute Gasteiger partial charge is 0.310 e. The average Bonchev–Trinajstić information content (AvgIpc) is 3.74. The number of hydrogen-bond acceptors (Lipinski definition) is 4. The Balaban J connectivity index is 1.24. The molecule has 10 aromatic rings. The summed E-state index contributed by atoms with van der Waals surface area (Å²) in [6.07, 6.45) is 0. The van der Waals surface area contributed by atoms with E-state index < -0.39 is 0 Å². The predicted molar refractivity (Wildman–Crippen MR) is 219 cm³/mol. The number of hydrogen-bond donors (Lipinski definition) is 0. The van der Waals surface area contributed by atoms with Crippen LogP contribution in [0.5, 0.6) is 0 Å². The second-order valence-corrected chi connectivity index (χ2v) is 14.7. The van der Waals surface area contributed by atoms with Gasteiger partial charge in [0.15, 0.2) is 0 Å². The number of anilines is 6. The lowest BCUT2D eigenvalue weighted by Gasteiger charge is -2.28. The van der Waals surface area contributed by atoms with Gasteiger partial charge in [0, 0.05) is 68.5 Å². The lowest BCUT2D eigenvalue weighted by Crippen LogP contribution is -2.11. The van der Waals surface area contributed by atoms with E-state index in [1.54, 1.807) is 0 Å². The van der Waals surface area contributed by atoms with E-state index in [9.17, 15) is 0 Å². The van der Waals surface area contributed by atoms with Gasteiger partial charge in [-0.25, -0.2) is 0 Å². The van der Waals surface area contributed by atoms with Crippen LogP contribution in [0.3, 0.4) is 0 Å². The van der Waals surface area contributed by atoms with Crippen LogP contribution in [-0.4, -0.2) is 0 Å². The first kappa shape index (κ1) is 29.0. The van der Waals surface area contributed by atoms with Gasteiger partial charge >= 0.3 is 0 Å². The highest BCUT2D eigenvalue weighted by Gasteiger charge is 2.22. The highest BCUT2D eigenvalue weighted by Crippen LogP contribution is 2.49. The SMILES string of the molecule is c1ccc(N(c2ccccc2)c2ccc3sc4cccc(N(c5ccc6c(c5)sc5ccccc56)c5cccc6ccccc56)c4c3c2)cc1. The molecule has 0 saturated carbocycles. The van der Waals surface area contributed by atoms with Crippen molar-refractivity contribution in [3.8, 4) is 0 Å². The van der Waals surface area contributed by atoms with Crippen molar-refractivity contribution in [1.82, 2.24) is 0 Å². The fraction of sp³-hybridized carbons (Fsp3) is 0. The Labute approximate surface area is 298 Å². The molecule has 0 atom stereocenters. The summed E-state index contributed by atoms with van der Waals surface area (Å²) in [4.78, 5) is 4.84. The Hall–Kier alpha value is -5.94. The quantitative estimate of drug-likeness (QED) is 0.173. The van der Waals surface area contributed by atoms with E-state index >= 15 is 0 Å². The lowest BCUT2D eigenvalue weighted by molar-refractivity contribution is 1.29. The summed E-state index contributed by atoms with van der Waals surface area (Å²) < 4.78 is 5.15. The van der Waals surface area contributed by atoms with Crippen LogP contribution in [-0.2, 0) is 0 Å². The lowest BCUT2D eigenvalue weighted by atomic mass is 10.0. The molecule has 0 unspecified atom stereocenters. The summed E-state index contributed by atoms with van der Waals surface area (Å²) in [5, 5.41) is 7.59. The molecule has 0 radical (unpaired) electrons. The van der Waals surface area contributed by atoms with Crippen LogP contribution >= 0.6 is 22.7 Å². The van der Waals surface area contributed by atoms with Gasteiger partial charge in [-0.2, -0.15) is 0 Å². The molecule has 0 saturated heterocycles. The minimum absolute atomic E-state index is 1.13. The Morgan fingerprint density at radius 2 is 0.860 bits per heavy atom. The molecular formula is C46H30N2S2. The zero-order valence-electron chi connectivity index (χ0n) is 27.0. The first-order chi connectivity index (χ1) is 24.8. The normalized spacial score (nSPS) is 11.6. The molecule has 8 aromatic carbocycles. The average molecular weight is 675 g/mol. The number of benzene rings is 8. The molecule has 0 fully saturated rings. The van der Waals surface area contributed by atoms with Gasteiger partial charge in [0.1, 0.15) is 0 Å². The maximum absolute atomic E-state index is 2.49. The monoisotopic (exact) mass is 674 g/mol. The fourth-order valence-electron chi connectivity index (χ4n) is 7.39. The molecule has 2 heterocycles. The molecule has 2 aromatic heterocycles. The van der Waals surface area contributed by atoms with Gasteiger partial charge in [-0.1, -0.05) is 103 Å². The fourth-order valence-corrected chi connectivity index (χ4v) is 9.63. The highest BCUT2D eigenvalue weighted by atomic mass is 32.1. The first-order valence-electron chi connectivity index (χ1n) is 16.8. The van der Waals surface area contributed by atoms with Crippen LogP contribution in [0.2, 0.25) is 0 Å². The van der Waals surface area contributed by atoms with E-state index in [1.165, 1.54) is 62.5 Å². The van der Waals surface area contributed by atoms with E-state index in [4.69, 9.17) is 0 Å². The third-order valence-electron chi connectivity index (χ3n) is 9.61. The number of para-hydroxylation sites is 2. The van der Waals surface area contributed by atoms with Gasteiger partial charge in [0.25, 0.3) is 0 Å². The van der Waals surface area contributed by atoms with Gasteiger partial charge in [0.2, 0.25) is 0 Å². The molecule has 0 spiro atoms. The molecule has 2 nitrogen and oxygen atoms in total. The van der Waals surface area contributed by atoms with Crippen LogP contribution in [0, 0.1) is 0 Å². The number of thiophene rings is 2. The summed E-state index contributed by atoms with van der Waals surface area (Å²) in [6, 6.07) is 66.1. The summed E-state index contributed by atoms with van der Waals surface area (Å²) in [7, 11) is 0. The van der Waals surface area contributed by atoms with Crippen molar-refractivity contribution in [2.24, 2.45) is 0 Å². The van der Waals surface area contributed by atoms with Crippen LogP contribution in [0.1, 0.15) is 0 Å². The van der Waals surface area contributed by atoms with Crippen LogP contribution in [0.4, 0.5) is 34.1 Å². The predicted octanol–water partition coefficient (Wildman–Crippen LogP) is 14.5. The van der Waals surface area contributed by atoms with E-state index in [0.717, 1.165) is 22.7 Å². The van der Waals surface area contributed by atoms with Crippen LogP contribution in [0.15, 0.2) is 182 Å². The number of rotatable bonds is 6. The molecule has 0 bridgehead atoms. The molecule has 50 heavy (non-hydrogen) atoms. The Bertz CT molecular complexity index is 2790. The van der Waals surface area contributed by atoms with Gasteiger partial charge < -0.3 is 9.80 Å². The van der Waals surface area contributed by atoms with E-state index in [-0.39, 0.29) is 0 Å². The van der Waals surface area contributed by atoms with Crippen molar-refractivity contribution in [1.29, 1.82) is 0 Å². The molecule has 4 heteroatoms. The molecule has 10 rings (SSSR count). The maximum atomic E-state index is 2.49. The Kier molecular flexibility index (Phi) is 6.90. The Morgan fingerprint density at radius 1 is 0.300 bits per heavy atom. The molecule has 0 aliphatic rings. The summed E-state index contributed by atoms with van der Waals surface area (Å²) in [5.41, 5.74) is 6.89. The maximum Gasteiger partial charge on any atom is 0.0555 e. The molecule has 0 N–H and O–H groups in total. The molecule has 236 valence electrons. The second-order valence-electron chi connectivity index (χ2n) is 12.6. The summed E-state index contributed by atoms with van der Waals surface area (Å²) in [5.74, 6) is 0. The molecule has 0 amide bonds. The van der Waals surface area contributed by atoms with Crippen LogP contribution in [0.25, 0.3) is 51.1 Å². The van der Waals surface area contributed by atoms with Gasteiger partial charge in [-0.3, -0.25) is 0 Å². The minimum atomic E-state index is 1.13. The zero-order valence-corrected chi connectivity index (χ0v) is 28.7. The number of nitrogens with zero attached hydrogens (tertiary/aromatic N) is 2. The van der Waals surface area contributed by atoms with E-state index in [1.807, 2.05) is 22.7 Å². The third kappa shape index (κ3) is 4.76. The van der Waals surface area contributed by atoms with Gasteiger partial charge in [-0.05, 0) is 84.2 Å². The van der Waals surface area contributed by atoms with Gasteiger partial charge in [-0.15, -0.1) is 22.7 Å². The van der Waals surface area contributed by atoms with E-state index in [2.05, 4.69) is 192 Å². The smallest absolute Gasteiger partial charge is 0.0555 e. The van der Waals surface area contributed by atoms with Crippen molar-refractivity contribution >= 4 is 108 Å². The second kappa shape index (κ2) is 11.9. The van der Waals surface area contributed by atoms with Crippen molar-refractivity contribution in [3.63, 3.8) is 0 Å². The van der Waals surface area contributed by atoms with Crippen LogP contribution < -0.4 is 9.80 Å². The van der Waals surface area contributed by atoms with E-state index in [0.29, 0.717) is 0 Å². The topological polar surface area (TPSA) is 6.48 Å². The third-order valence-corrected chi connectivity index (χ3v) is 11.9. The minimum Gasteiger partial charge on any atom is -0.310 e. The molecule has 0 aliphatic heterocycles.